The molecule has 0 saturated heterocycles. The highest BCUT2D eigenvalue weighted by Crippen LogP contribution is 2.19. The minimum Gasteiger partial charge on any atom is -0.361 e. The second kappa shape index (κ2) is 11.4. The molecular formula is C24H29N3O4. The van der Waals surface area contributed by atoms with Gasteiger partial charge >= 0.3 is 0 Å². The second-order valence-electron chi connectivity index (χ2n) is 7.30. The maximum Gasteiger partial charge on any atom is 0.267 e. The van der Waals surface area contributed by atoms with Crippen molar-refractivity contribution >= 4 is 22.9 Å². The van der Waals surface area contributed by atoms with Crippen LogP contribution in [0.1, 0.15) is 16.7 Å². The van der Waals surface area contributed by atoms with Crippen LogP contribution >= 0.6 is 0 Å². The number of nitrogens with one attached hydrogen (secondary N) is 2. The average molecular weight is 424 g/mol. The van der Waals surface area contributed by atoms with Gasteiger partial charge in [-0.1, -0.05) is 42.5 Å². The number of rotatable bonds is 11. The number of methoxy groups -OCH3 is 2. The Balaban J connectivity index is 1.68. The fraction of sp³-hybridized carbons (Fsp3) is 0.292. The monoisotopic (exact) mass is 423 g/mol. The van der Waals surface area contributed by atoms with E-state index in [2.05, 4.69) is 34.3 Å². The van der Waals surface area contributed by atoms with Crippen LogP contribution < -0.4 is 5.48 Å². The summed E-state index contributed by atoms with van der Waals surface area (Å²) in [7, 11) is 3.30. The number of hydroxylamine groups is 1. The molecular weight excluding hydrogens is 394 g/mol. The van der Waals surface area contributed by atoms with Gasteiger partial charge < -0.3 is 14.5 Å². The summed E-state index contributed by atoms with van der Waals surface area (Å²) in [6.45, 7) is 2.24. The predicted octanol–water partition coefficient (Wildman–Crippen LogP) is 3.35. The van der Waals surface area contributed by atoms with Gasteiger partial charge in [0.2, 0.25) is 0 Å². The highest BCUT2D eigenvalue weighted by Gasteiger charge is 2.15. The number of nitrogens with zero attached hydrogens (tertiary/aromatic N) is 1. The fourth-order valence-corrected chi connectivity index (χ4v) is 3.51. The molecule has 0 spiro atoms. The topological polar surface area (TPSA) is 86.8 Å². The molecule has 0 aliphatic rings. The number of para-hydroxylation sites is 1. The van der Waals surface area contributed by atoms with E-state index in [9.17, 15) is 4.79 Å². The van der Waals surface area contributed by atoms with E-state index in [1.807, 2.05) is 30.3 Å². The van der Waals surface area contributed by atoms with Gasteiger partial charge in [0, 0.05) is 57.0 Å². The third kappa shape index (κ3) is 6.50. The van der Waals surface area contributed by atoms with Crippen molar-refractivity contribution < 1.29 is 19.5 Å². The number of carbonyl (C=O) groups excluding carboxylic acids is 1. The maximum atomic E-state index is 11.1. The van der Waals surface area contributed by atoms with Crippen LogP contribution in [0.2, 0.25) is 0 Å². The van der Waals surface area contributed by atoms with Gasteiger partial charge in [0.15, 0.2) is 6.29 Å². The smallest absolute Gasteiger partial charge is 0.267 e. The van der Waals surface area contributed by atoms with Crippen molar-refractivity contribution in [2.24, 2.45) is 0 Å². The Kier molecular flexibility index (Phi) is 8.37. The first-order chi connectivity index (χ1) is 15.1. The van der Waals surface area contributed by atoms with Gasteiger partial charge in [0.1, 0.15) is 0 Å². The van der Waals surface area contributed by atoms with E-state index in [-0.39, 0.29) is 6.29 Å². The van der Waals surface area contributed by atoms with Gasteiger partial charge in [-0.05, 0) is 35.3 Å². The minimum atomic E-state index is -0.558. The first-order valence-electron chi connectivity index (χ1n) is 10.2. The zero-order chi connectivity index (χ0) is 22.1. The normalized spacial score (nSPS) is 11.8. The van der Waals surface area contributed by atoms with E-state index in [4.69, 9.17) is 14.7 Å². The number of aromatic nitrogens is 1. The summed E-state index contributed by atoms with van der Waals surface area (Å²) >= 11 is 0. The molecule has 0 bridgehead atoms. The van der Waals surface area contributed by atoms with Gasteiger partial charge in [-0.3, -0.25) is 14.9 Å². The molecule has 3 rings (SSSR count). The number of aromatic amines is 1. The summed E-state index contributed by atoms with van der Waals surface area (Å²) in [5, 5.41) is 9.82. The van der Waals surface area contributed by atoms with E-state index < -0.39 is 5.91 Å². The zero-order valence-corrected chi connectivity index (χ0v) is 17.9. The number of H-pyrrole nitrogens is 1. The molecule has 0 fully saturated rings. The maximum absolute atomic E-state index is 11.1. The van der Waals surface area contributed by atoms with Gasteiger partial charge in [-0.25, -0.2) is 5.48 Å². The Morgan fingerprint density at radius 3 is 2.61 bits per heavy atom. The molecule has 3 N–H and O–H groups in total. The van der Waals surface area contributed by atoms with Crippen molar-refractivity contribution in [3.8, 4) is 0 Å². The van der Waals surface area contributed by atoms with Crippen molar-refractivity contribution in [2.45, 2.75) is 19.3 Å². The Bertz CT molecular complexity index is 993. The summed E-state index contributed by atoms with van der Waals surface area (Å²) in [6, 6.07) is 16.3. The molecule has 31 heavy (non-hydrogen) atoms. The average Bonchev–Trinajstić information content (AvgIpc) is 3.23. The number of fused-ring (bicyclic) bond motifs is 1. The minimum absolute atomic E-state index is 0.304. The molecule has 0 atom stereocenters. The molecule has 0 radical (unpaired) electrons. The van der Waals surface area contributed by atoms with E-state index in [0.717, 1.165) is 36.2 Å². The van der Waals surface area contributed by atoms with Crippen molar-refractivity contribution in [3.05, 3.63) is 77.5 Å². The highest BCUT2D eigenvalue weighted by molar-refractivity contribution is 5.90. The third-order valence-corrected chi connectivity index (χ3v) is 5.23. The van der Waals surface area contributed by atoms with Crippen LogP contribution in [0.3, 0.4) is 0 Å². The molecule has 7 nitrogen and oxygen atoms in total. The summed E-state index contributed by atoms with van der Waals surface area (Å²) in [4.78, 5) is 16.8. The lowest BCUT2D eigenvalue weighted by Crippen LogP contribution is -2.35. The predicted molar refractivity (Wildman–Crippen MR) is 120 cm³/mol. The first kappa shape index (κ1) is 22.7. The number of hydrogen-bond acceptors (Lipinski definition) is 5. The van der Waals surface area contributed by atoms with Gasteiger partial charge in [0.25, 0.3) is 5.91 Å². The number of hydrogen-bond donors (Lipinski definition) is 3. The standard InChI is InChI=1S/C24H29N3O4/c1-30-24(31-2)17-27(14-13-20-15-25-22-6-4-3-5-21(20)22)16-19-9-7-18(8-10-19)11-12-23(28)26-29/h3-12,15,24-25,29H,13-14,16-17H2,1-2H3,(H,26,28). The molecule has 1 amide bonds. The Hall–Kier alpha value is -2.97. The highest BCUT2D eigenvalue weighted by atomic mass is 16.7. The Morgan fingerprint density at radius 1 is 1.16 bits per heavy atom. The van der Waals surface area contributed by atoms with Crippen LogP contribution in [-0.4, -0.2) is 54.6 Å². The van der Waals surface area contributed by atoms with Gasteiger partial charge in [-0.15, -0.1) is 0 Å². The lowest BCUT2D eigenvalue weighted by Gasteiger charge is -2.26. The zero-order valence-electron chi connectivity index (χ0n) is 17.9. The lowest BCUT2D eigenvalue weighted by molar-refractivity contribution is -0.124. The molecule has 1 heterocycles. The molecule has 1 aromatic heterocycles. The van der Waals surface area contributed by atoms with E-state index in [1.54, 1.807) is 25.8 Å². The largest absolute Gasteiger partial charge is 0.361 e. The van der Waals surface area contributed by atoms with Crippen molar-refractivity contribution in [1.29, 1.82) is 0 Å². The number of amides is 1. The second-order valence-corrected chi connectivity index (χ2v) is 7.30. The van der Waals surface area contributed by atoms with Crippen molar-refractivity contribution in [2.75, 3.05) is 27.3 Å². The fourth-order valence-electron chi connectivity index (χ4n) is 3.51. The third-order valence-electron chi connectivity index (χ3n) is 5.23. The van der Waals surface area contributed by atoms with E-state index in [1.165, 1.54) is 17.0 Å². The SMILES string of the molecule is COC(CN(CCc1c[nH]c2ccccc12)Cc1ccc(C=CC(=O)NO)cc1)OC. The van der Waals surface area contributed by atoms with Crippen molar-refractivity contribution in [3.63, 3.8) is 0 Å². The van der Waals surface area contributed by atoms with Gasteiger partial charge in [0.05, 0.1) is 0 Å². The summed E-state index contributed by atoms with van der Waals surface area (Å²) in [5.41, 5.74) is 6.04. The molecule has 7 heteroatoms. The lowest BCUT2D eigenvalue weighted by atomic mass is 10.1. The molecule has 164 valence electrons. The number of benzene rings is 2. The van der Waals surface area contributed by atoms with Crippen LogP contribution in [0.25, 0.3) is 17.0 Å². The van der Waals surface area contributed by atoms with E-state index >= 15 is 0 Å². The Labute approximate surface area is 182 Å². The summed E-state index contributed by atoms with van der Waals surface area (Å²) in [6.07, 6.45) is 5.61. The van der Waals surface area contributed by atoms with Crippen LogP contribution in [0.15, 0.2) is 60.8 Å². The van der Waals surface area contributed by atoms with Crippen LogP contribution in [0.5, 0.6) is 0 Å². The van der Waals surface area contributed by atoms with E-state index in [0.29, 0.717) is 6.54 Å². The van der Waals surface area contributed by atoms with Crippen LogP contribution in [0, 0.1) is 0 Å². The molecule has 2 aromatic carbocycles. The van der Waals surface area contributed by atoms with Crippen LogP contribution in [-0.2, 0) is 27.2 Å². The summed E-state index contributed by atoms with van der Waals surface area (Å²) < 4.78 is 10.8. The van der Waals surface area contributed by atoms with Crippen molar-refractivity contribution in [1.82, 2.24) is 15.4 Å². The number of ether oxygens (including phenoxy) is 2. The summed E-state index contributed by atoms with van der Waals surface area (Å²) in [5.74, 6) is -0.558. The quantitative estimate of drug-likeness (QED) is 0.191. The van der Waals surface area contributed by atoms with Gasteiger partial charge in [-0.2, -0.15) is 0 Å². The number of carbonyl (C=O) groups is 1. The molecule has 3 aromatic rings. The molecule has 0 aliphatic carbocycles. The first-order valence-corrected chi connectivity index (χ1v) is 10.2. The molecule has 0 unspecified atom stereocenters. The molecule has 0 aliphatic heterocycles. The van der Waals surface area contributed by atoms with Crippen LogP contribution in [0.4, 0.5) is 0 Å². The molecule has 0 saturated carbocycles. The Morgan fingerprint density at radius 2 is 1.90 bits per heavy atom.